The summed E-state index contributed by atoms with van der Waals surface area (Å²) in [5.41, 5.74) is 5.07. The average molecular weight is 513 g/mol. The minimum absolute atomic E-state index is 0.279. The van der Waals surface area contributed by atoms with Gasteiger partial charge in [0.25, 0.3) is 0 Å². The first kappa shape index (κ1) is 23.6. The highest BCUT2D eigenvalue weighted by Crippen LogP contribution is 2.34. The molecule has 4 aromatic rings. The number of aryl methyl sites for hydroxylation is 1. The third-order valence-electron chi connectivity index (χ3n) is 6.06. The van der Waals surface area contributed by atoms with Crippen molar-refractivity contribution >= 4 is 43.5 Å². The van der Waals surface area contributed by atoms with E-state index in [1.165, 1.54) is 34.0 Å². The standard InChI is InChI=1S/C24H25FN6O2S2/c1-4-19-23(29(2)24-27-21(15-34-24)16-5-7-18(25)8-6-16)31-22(26-19)10-9-20(28-31)17-11-13-30(14-12-17)35(3,32)33/h5-11,15H,4,12-14H2,1-3H3. The molecule has 0 fully saturated rings. The molecule has 11 heteroatoms. The Morgan fingerprint density at radius 3 is 2.54 bits per heavy atom. The molecule has 0 unspecified atom stereocenters. The Labute approximate surface area is 207 Å². The van der Waals surface area contributed by atoms with Crippen molar-refractivity contribution in [3.63, 3.8) is 0 Å². The molecule has 0 bridgehead atoms. The van der Waals surface area contributed by atoms with Gasteiger partial charge in [-0.15, -0.1) is 11.3 Å². The Morgan fingerprint density at radius 2 is 1.89 bits per heavy atom. The Morgan fingerprint density at radius 1 is 1.11 bits per heavy atom. The molecule has 0 atom stereocenters. The molecule has 1 aromatic carbocycles. The topological polar surface area (TPSA) is 83.7 Å². The second kappa shape index (κ2) is 9.14. The van der Waals surface area contributed by atoms with E-state index < -0.39 is 10.0 Å². The van der Waals surface area contributed by atoms with Crippen LogP contribution in [-0.2, 0) is 16.4 Å². The summed E-state index contributed by atoms with van der Waals surface area (Å²) < 4.78 is 40.3. The van der Waals surface area contributed by atoms with Gasteiger partial charge in [0.1, 0.15) is 5.82 Å². The van der Waals surface area contributed by atoms with Crippen LogP contribution in [0.1, 0.15) is 24.7 Å². The lowest BCUT2D eigenvalue weighted by molar-refractivity contribution is 0.445. The van der Waals surface area contributed by atoms with Gasteiger partial charge in [-0.1, -0.05) is 13.0 Å². The second-order valence-electron chi connectivity index (χ2n) is 8.41. The molecule has 0 amide bonds. The lowest BCUT2D eigenvalue weighted by Gasteiger charge is -2.24. The van der Waals surface area contributed by atoms with Gasteiger partial charge in [-0.3, -0.25) is 0 Å². The number of anilines is 2. The van der Waals surface area contributed by atoms with Crippen LogP contribution in [0.25, 0.3) is 22.5 Å². The molecule has 0 aliphatic carbocycles. The first-order valence-electron chi connectivity index (χ1n) is 11.2. The second-order valence-corrected chi connectivity index (χ2v) is 11.2. The van der Waals surface area contributed by atoms with Gasteiger partial charge in [-0.05, 0) is 54.8 Å². The molecule has 3 aromatic heterocycles. The largest absolute Gasteiger partial charge is 0.304 e. The SMILES string of the molecule is CCc1nc2ccc(C3=CCN(S(C)(=O)=O)CC3)nn2c1N(C)c1nc(-c2ccc(F)cc2)cs1. The molecule has 8 nitrogen and oxygen atoms in total. The predicted molar refractivity (Wildman–Crippen MR) is 137 cm³/mol. The molecule has 4 heterocycles. The van der Waals surface area contributed by atoms with E-state index in [0.29, 0.717) is 19.5 Å². The zero-order valence-corrected chi connectivity index (χ0v) is 21.3. The number of benzene rings is 1. The van der Waals surface area contributed by atoms with E-state index in [-0.39, 0.29) is 5.82 Å². The Hall–Kier alpha value is -3.15. The third-order valence-corrected chi connectivity index (χ3v) is 8.25. The number of nitrogens with zero attached hydrogens (tertiary/aromatic N) is 6. The Bertz CT molecular complexity index is 1530. The van der Waals surface area contributed by atoms with E-state index in [9.17, 15) is 12.8 Å². The highest BCUT2D eigenvalue weighted by atomic mass is 32.2. The number of thiazole rings is 1. The fraction of sp³-hybridized carbons (Fsp3) is 0.292. The van der Waals surface area contributed by atoms with Crippen LogP contribution in [-0.4, -0.2) is 58.7 Å². The molecule has 35 heavy (non-hydrogen) atoms. The minimum Gasteiger partial charge on any atom is -0.304 e. The number of fused-ring (bicyclic) bond motifs is 1. The number of imidazole rings is 1. The smallest absolute Gasteiger partial charge is 0.211 e. The zero-order valence-electron chi connectivity index (χ0n) is 19.6. The molecule has 0 saturated carbocycles. The van der Waals surface area contributed by atoms with Gasteiger partial charge in [0, 0.05) is 31.1 Å². The summed E-state index contributed by atoms with van der Waals surface area (Å²) in [6.45, 7) is 2.83. The molecule has 0 spiro atoms. The zero-order chi connectivity index (χ0) is 24.7. The first-order valence-corrected chi connectivity index (χ1v) is 14.0. The highest BCUT2D eigenvalue weighted by Gasteiger charge is 2.23. The Kier molecular flexibility index (Phi) is 6.16. The molecule has 0 N–H and O–H groups in total. The van der Waals surface area contributed by atoms with Gasteiger partial charge in [0.05, 0.1) is 23.3 Å². The molecule has 0 saturated heterocycles. The molecule has 182 valence electrons. The summed E-state index contributed by atoms with van der Waals surface area (Å²) >= 11 is 1.50. The van der Waals surface area contributed by atoms with E-state index >= 15 is 0 Å². The highest BCUT2D eigenvalue weighted by molar-refractivity contribution is 7.88. The van der Waals surface area contributed by atoms with Gasteiger partial charge in [-0.2, -0.15) is 13.9 Å². The number of hydrogen-bond donors (Lipinski definition) is 0. The maximum absolute atomic E-state index is 13.3. The van der Waals surface area contributed by atoms with E-state index in [0.717, 1.165) is 51.2 Å². The van der Waals surface area contributed by atoms with Gasteiger partial charge < -0.3 is 4.90 Å². The van der Waals surface area contributed by atoms with Gasteiger partial charge >= 0.3 is 0 Å². The maximum Gasteiger partial charge on any atom is 0.211 e. The molecular weight excluding hydrogens is 487 g/mol. The monoisotopic (exact) mass is 512 g/mol. The summed E-state index contributed by atoms with van der Waals surface area (Å²) in [7, 11) is -1.27. The van der Waals surface area contributed by atoms with Crippen LogP contribution < -0.4 is 4.90 Å². The minimum atomic E-state index is -3.21. The first-order chi connectivity index (χ1) is 16.7. The molecule has 1 aliphatic rings. The van der Waals surface area contributed by atoms with E-state index in [4.69, 9.17) is 15.1 Å². The third kappa shape index (κ3) is 4.58. The summed E-state index contributed by atoms with van der Waals surface area (Å²) in [5, 5.41) is 7.61. The van der Waals surface area contributed by atoms with Crippen molar-refractivity contribution in [2.45, 2.75) is 19.8 Å². The van der Waals surface area contributed by atoms with Crippen molar-refractivity contribution in [2.75, 3.05) is 31.3 Å². The number of rotatable bonds is 6. The maximum atomic E-state index is 13.3. The van der Waals surface area contributed by atoms with Crippen molar-refractivity contribution in [1.29, 1.82) is 0 Å². The van der Waals surface area contributed by atoms with Crippen molar-refractivity contribution in [3.05, 3.63) is 65.1 Å². The summed E-state index contributed by atoms with van der Waals surface area (Å²) in [6.07, 6.45) is 4.48. The summed E-state index contributed by atoms with van der Waals surface area (Å²) in [4.78, 5) is 11.5. The van der Waals surface area contributed by atoms with Crippen molar-refractivity contribution in [3.8, 4) is 11.3 Å². The summed E-state index contributed by atoms with van der Waals surface area (Å²) in [5.74, 6) is 0.553. The van der Waals surface area contributed by atoms with Crippen molar-refractivity contribution < 1.29 is 12.8 Å². The lowest BCUT2D eigenvalue weighted by Crippen LogP contribution is -2.33. The van der Waals surface area contributed by atoms with Crippen LogP contribution in [0.4, 0.5) is 15.3 Å². The number of aromatic nitrogens is 4. The van der Waals surface area contributed by atoms with E-state index in [1.807, 2.05) is 40.1 Å². The van der Waals surface area contributed by atoms with Gasteiger partial charge in [-0.25, -0.2) is 22.8 Å². The fourth-order valence-electron chi connectivity index (χ4n) is 4.16. The van der Waals surface area contributed by atoms with Crippen molar-refractivity contribution in [2.24, 2.45) is 0 Å². The van der Waals surface area contributed by atoms with Crippen LogP contribution in [0.5, 0.6) is 0 Å². The van der Waals surface area contributed by atoms with Crippen LogP contribution in [0.3, 0.4) is 0 Å². The van der Waals surface area contributed by atoms with Gasteiger partial charge in [0.2, 0.25) is 10.0 Å². The van der Waals surface area contributed by atoms with Crippen LogP contribution in [0, 0.1) is 5.82 Å². The molecule has 5 rings (SSSR count). The van der Waals surface area contributed by atoms with Crippen LogP contribution in [0.2, 0.25) is 0 Å². The molecule has 0 radical (unpaired) electrons. The van der Waals surface area contributed by atoms with E-state index in [2.05, 4.69) is 6.92 Å². The van der Waals surface area contributed by atoms with Crippen LogP contribution in [0.15, 0.2) is 47.9 Å². The number of sulfonamides is 1. The average Bonchev–Trinajstić information content (AvgIpc) is 3.48. The quantitative estimate of drug-likeness (QED) is 0.382. The van der Waals surface area contributed by atoms with Crippen LogP contribution >= 0.6 is 11.3 Å². The lowest BCUT2D eigenvalue weighted by atomic mass is 10.1. The predicted octanol–water partition coefficient (Wildman–Crippen LogP) is 4.37. The van der Waals surface area contributed by atoms with Gasteiger partial charge in [0.15, 0.2) is 16.6 Å². The van der Waals surface area contributed by atoms with Crippen molar-refractivity contribution in [1.82, 2.24) is 23.9 Å². The normalized spacial score (nSPS) is 14.9. The Balaban J connectivity index is 1.50. The molecular formula is C24H25FN6O2S2. The molecule has 1 aliphatic heterocycles. The fourth-order valence-corrected chi connectivity index (χ4v) is 5.73. The number of halogens is 1. The van der Waals surface area contributed by atoms with E-state index in [1.54, 1.807) is 12.1 Å². The number of hydrogen-bond acceptors (Lipinski definition) is 7. The summed E-state index contributed by atoms with van der Waals surface area (Å²) in [6, 6.07) is 10.2.